The van der Waals surface area contributed by atoms with E-state index in [0.717, 1.165) is 33.9 Å². The van der Waals surface area contributed by atoms with Crippen LogP contribution in [0.1, 0.15) is 73.4 Å². The number of fused-ring (bicyclic) bond motifs is 2. The van der Waals surface area contributed by atoms with Crippen LogP contribution in [-0.4, -0.2) is 80.7 Å². The van der Waals surface area contributed by atoms with E-state index in [1.807, 2.05) is 76.7 Å². The molecule has 8 atom stereocenters. The topological polar surface area (TPSA) is 137 Å². The molecule has 1 aromatic carbocycles. The van der Waals surface area contributed by atoms with E-state index >= 15 is 0 Å². The second kappa shape index (κ2) is 13.5. The normalized spacial score (nSPS) is 30.4. The molecule has 4 saturated heterocycles. The van der Waals surface area contributed by atoms with E-state index in [4.69, 9.17) is 37.9 Å². The van der Waals surface area contributed by atoms with Crippen LogP contribution in [0.4, 0.5) is 0 Å². The lowest BCUT2D eigenvalue weighted by molar-refractivity contribution is -0.221. The molecule has 4 aliphatic rings. The third-order valence-corrected chi connectivity index (χ3v) is 10.4. The Labute approximate surface area is 302 Å². The van der Waals surface area contributed by atoms with E-state index in [1.54, 1.807) is 0 Å². The molecule has 12 nitrogen and oxygen atoms in total. The standard InChI is InChI=1S/C40H46N4O8/c1-39(2)49-35-33(31(47-37(35)51-39)29(25-9-5-17-41-25)26-10-6-18-42-26)45-21-23-13-15-24(16-14-23)22-46-34-32(48-38-36(34)50-40(3,4)52-38)30(27-11-7-19-43-27)28-12-8-20-44-28/h5-20,29-38,41-44H,21-22H2,1-4H3/t31?,32?,33?,34?,35-,36-,37-,38-/m1/s1. The Morgan fingerprint density at radius 2 is 0.865 bits per heavy atom. The van der Waals surface area contributed by atoms with E-state index in [9.17, 15) is 0 Å². The number of nitrogens with one attached hydrogen (secondary N) is 4. The number of H-pyrrole nitrogens is 4. The van der Waals surface area contributed by atoms with Gasteiger partial charge in [-0.05, 0) is 87.4 Å². The molecule has 0 radical (unpaired) electrons. The molecule has 9 rings (SSSR count). The predicted molar refractivity (Wildman–Crippen MR) is 188 cm³/mol. The third kappa shape index (κ3) is 6.48. The summed E-state index contributed by atoms with van der Waals surface area (Å²) >= 11 is 0. The van der Waals surface area contributed by atoms with Gasteiger partial charge in [-0.3, -0.25) is 0 Å². The van der Waals surface area contributed by atoms with Gasteiger partial charge < -0.3 is 57.8 Å². The number of hydrogen-bond donors (Lipinski definition) is 4. The molecule has 4 aromatic heterocycles. The molecular formula is C40H46N4O8. The Morgan fingerprint density at radius 1 is 0.519 bits per heavy atom. The minimum atomic E-state index is -0.768. The van der Waals surface area contributed by atoms with Crippen molar-refractivity contribution >= 4 is 0 Å². The molecule has 52 heavy (non-hydrogen) atoms. The van der Waals surface area contributed by atoms with Crippen molar-refractivity contribution in [3.8, 4) is 0 Å². The van der Waals surface area contributed by atoms with E-state index in [2.05, 4.69) is 68.5 Å². The zero-order valence-corrected chi connectivity index (χ0v) is 29.7. The number of rotatable bonds is 12. The monoisotopic (exact) mass is 710 g/mol. The van der Waals surface area contributed by atoms with Gasteiger partial charge in [0.2, 0.25) is 0 Å². The summed E-state index contributed by atoms with van der Waals surface area (Å²) in [6.45, 7) is 8.36. The van der Waals surface area contributed by atoms with Gasteiger partial charge in [-0.25, -0.2) is 0 Å². The fourth-order valence-corrected chi connectivity index (χ4v) is 8.23. The van der Waals surface area contributed by atoms with Crippen molar-refractivity contribution in [2.24, 2.45) is 0 Å². The third-order valence-electron chi connectivity index (χ3n) is 10.4. The van der Waals surface area contributed by atoms with Crippen molar-refractivity contribution in [3.63, 3.8) is 0 Å². The fourth-order valence-electron chi connectivity index (χ4n) is 8.23. The molecule has 274 valence electrons. The summed E-state index contributed by atoms with van der Waals surface area (Å²) in [5, 5.41) is 0. The second-order valence-electron chi connectivity index (χ2n) is 15.0. The van der Waals surface area contributed by atoms with Gasteiger partial charge in [0.15, 0.2) is 24.2 Å². The van der Waals surface area contributed by atoms with Crippen molar-refractivity contribution < 1.29 is 37.9 Å². The zero-order valence-electron chi connectivity index (χ0n) is 29.7. The Hall–Kier alpha value is -3.98. The SMILES string of the molecule is CC1(C)O[C@H]2OC(C(c3ccc[nH]3)c3ccc[nH]3)C(OCc3ccc(COC4C(C(c5ccc[nH]5)c5ccc[nH]5)O[C@@H]5OC(C)(C)O[C@H]45)cc3)[C@H]2O1. The van der Waals surface area contributed by atoms with Gasteiger partial charge in [-0.1, -0.05) is 24.3 Å². The molecule has 4 unspecified atom stereocenters. The van der Waals surface area contributed by atoms with Gasteiger partial charge in [0, 0.05) is 47.6 Å². The summed E-state index contributed by atoms with van der Waals surface area (Å²) in [6.07, 6.45) is 4.40. The van der Waals surface area contributed by atoms with E-state index in [0.29, 0.717) is 13.2 Å². The molecular weight excluding hydrogens is 664 g/mol. The van der Waals surface area contributed by atoms with Crippen LogP contribution in [0.15, 0.2) is 97.6 Å². The van der Waals surface area contributed by atoms with Crippen molar-refractivity contribution in [3.05, 3.63) is 131 Å². The number of hydrogen-bond acceptors (Lipinski definition) is 8. The molecule has 0 spiro atoms. The van der Waals surface area contributed by atoms with Gasteiger partial charge >= 0.3 is 0 Å². The van der Waals surface area contributed by atoms with Crippen LogP contribution in [0.5, 0.6) is 0 Å². The summed E-state index contributed by atoms with van der Waals surface area (Å²) in [5.41, 5.74) is 6.14. The highest BCUT2D eigenvalue weighted by Crippen LogP contribution is 2.46. The lowest BCUT2D eigenvalue weighted by Gasteiger charge is -2.30. The highest BCUT2D eigenvalue weighted by atomic mass is 16.9. The van der Waals surface area contributed by atoms with Crippen molar-refractivity contribution in [1.82, 2.24) is 19.9 Å². The summed E-state index contributed by atoms with van der Waals surface area (Å²) in [5.74, 6) is -1.80. The maximum atomic E-state index is 6.70. The Morgan fingerprint density at radius 3 is 1.17 bits per heavy atom. The first-order valence-corrected chi connectivity index (χ1v) is 18.1. The average molecular weight is 711 g/mol. The summed E-state index contributed by atoms with van der Waals surface area (Å²) < 4.78 is 51.6. The predicted octanol–water partition coefficient (Wildman–Crippen LogP) is 6.19. The number of ether oxygens (including phenoxy) is 8. The number of aromatic amines is 4. The minimum absolute atomic E-state index is 0.133. The molecule has 0 saturated carbocycles. The number of benzene rings is 1. The molecule has 4 N–H and O–H groups in total. The summed E-state index contributed by atoms with van der Waals surface area (Å²) in [7, 11) is 0. The first-order chi connectivity index (χ1) is 25.2. The van der Waals surface area contributed by atoms with Crippen LogP contribution in [0.2, 0.25) is 0 Å². The van der Waals surface area contributed by atoms with Gasteiger partial charge in [0.1, 0.15) is 36.6 Å². The van der Waals surface area contributed by atoms with Crippen LogP contribution in [0.25, 0.3) is 0 Å². The van der Waals surface area contributed by atoms with Crippen molar-refractivity contribution in [1.29, 1.82) is 0 Å². The summed E-state index contributed by atoms with van der Waals surface area (Å²) in [4.78, 5) is 13.5. The second-order valence-corrected chi connectivity index (χ2v) is 15.0. The zero-order chi connectivity index (χ0) is 35.5. The highest BCUT2D eigenvalue weighted by Gasteiger charge is 2.59. The van der Waals surface area contributed by atoms with Crippen molar-refractivity contribution in [2.45, 2.75) is 114 Å². The molecule has 0 bridgehead atoms. The van der Waals surface area contributed by atoms with Gasteiger partial charge in [-0.15, -0.1) is 0 Å². The first-order valence-electron chi connectivity index (χ1n) is 18.1. The number of aromatic nitrogens is 4. The molecule has 0 amide bonds. The van der Waals surface area contributed by atoms with Gasteiger partial charge in [0.25, 0.3) is 0 Å². The van der Waals surface area contributed by atoms with E-state index < -0.39 is 24.2 Å². The Balaban J connectivity index is 0.906. The smallest absolute Gasteiger partial charge is 0.190 e. The highest BCUT2D eigenvalue weighted by molar-refractivity contribution is 5.29. The Bertz CT molecular complexity index is 1670. The lowest BCUT2D eigenvalue weighted by Crippen LogP contribution is -2.40. The fraction of sp³-hybridized carbons (Fsp3) is 0.450. The van der Waals surface area contributed by atoms with Crippen LogP contribution in [0.3, 0.4) is 0 Å². The quantitative estimate of drug-likeness (QED) is 0.120. The van der Waals surface area contributed by atoms with Gasteiger partial charge in [-0.2, -0.15) is 0 Å². The molecule has 4 fully saturated rings. The maximum absolute atomic E-state index is 6.70. The van der Waals surface area contributed by atoms with E-state index in [-0.39, 0.29) is 48.5 Å². The molecule has 0 aliphatic carbocycles. The van der Waals surface area contributed by atoms with Gasteiger partial charge in [0.05, 0.1) is 25.0 Å². The lowest BCUT2D eigenvalue weighted by atomic mass is 9.90. The van der Waals surface area contributed by atoms with Crippen LogP contribution in [-0.2, 0) is 51.1 Å². The van der Waals surface area contributed by atoms with E-state index in [1.165, 1.54) is 0 Å². The minimum Gasteiger partial charge on any atom is -0.368 e. The Kier molecular flexibility index (Phi) is 8.76. The maximum Gasteiger partial charge on any atom is 0.190 e. The molecule has 12 heteroatoms. The first kappa shape index (κ1) is 33.8. The molecule has 5 aromatic rings. The largest absolute Gasteiger partial charge is 0.368 e. The average Bonchev–Trinajstić information content (AvgIpc) is 3.96. The van der Waals surface area contributed by atoms with Crippen LogP contribution in [0, 0.1) is 0 Å². The molecule has 8 heterocycles. The van der Waals surface area contributed by atoms with Crippen LogP contribution >= 0.6 is 0 Å². The van der Waals surface area contributed by atoms with Crippen molar-refractivity contribution in [2.75, 3.05) is 0 Å². The molecule has 4 aliphatic heterocycles. The summed E-state index contributed by atoms with van der Waals surface area (Å²) in [6, 6.07) is 24.6. The van der Waals surface area contributed by atoms with Crippen LogP contribution < -0.4 is 0 Å².